The number of aryl methyl sites for hydroxylation is 1. The third-order valence-electron chi connectivity index (χ3n) is 3.35. The fraction of sp³-hybridized carbons (Fsp3) is 0.692. The summed E-state index contributed by atoms with van der Waals surface area (Å²) in [5.74, 6) is 0.911. The van der Waals surface area contributed by atoms with Crippen molar-refractivity contribution in [2.24, 2.45) is 5.92 Å². The highest BCUT2D eigenvalue weighted by Gasteiger charge is 2.34. The third-order valence-corrected chi connectivity index (χ3v) is 7.15. The quantitative estimate of drug-likeness (QED) is 0.751. The Morgan fingerprint density at radius 3 is 2.53 bits per heavy atom. The van der Waals surface area contributed by atoms with Gasteiger partial charge in [0.15, 0.2) is 0 Å². The molecule has 0 saturated heterocycles. The molecule has 6 heteroatoms. The van der Waals surface area contributed by atoms with Crippen molar-refractivity contribution in [1.29, 1.82) is 0 Å². The zero-order chi connectivity index (χ0) is 14.2. The standard InChI is InChI=1S/C13H20ClNO2S2/c1-9(2)15(8-11-4-5-11)19(16,17)13-6-12(7-14)18-10(13)3/h6,9,11H,4-5,7-8H2,1-3H3. The summed E-state index contributed by atoms with van der Waals surface area (Å²) in [6.07, 6.45) is 2.29. The summed E-state index contributed by atoms with van der Waals surface area (Å²) in [6.45, 7) is 6.36. The Balaban J connectivity index is 2.34. The summed E-state index contributed by atoms with van der Waals surface area (Å²) in [5.41, 5.74) is 0. The van der Waals surface area contributed by atoms with E-state index in [1.807, 2.05) is 20.8 Å². The predicted octanol–water partition coefficient (Wildman–Crippen LogP) is 3.60. The van der Waals surface area contributed by atoms with Gasteiger partial charge in [-0.2, -0.15) is 4.31 Å². The van der Waals surface area contributed by atoms with Crippen LogP contribution in [0.2, 0.25) is 0 Å². The first kappa shape index (κ1) is 15.3. The summed E-state index contributed by atoms with van der Waals surface area (Å²) in [5, 5.41) is 0. The number of hydrogen-bond acceptors (Lipinski definition) is 3. The van der Waals surface area contributed by atoms with Gasteiger partial charge in [0.25, 0.3) is 0 Å². The number of rotatable bonds is 6. The maximum absolute atomic E-state index is 12.8. The van der Waals surface area contributed by atoms with Gasteiger partial charge in [0.1, 0.15) is 0 Å². The van der Waals surface area contributed by atoms with E-state index in [-0.39, 0.29) is 6.04 Å². The second kappa shape index (κ2) is 5.72. The van der Waals surface area contributed by atoms with E-state index in [4.69, 9.17) is 11.6 Å². The fourth-order valence-electron chi connectivity index (χ4n) is 2.11. The van der Waals surface area contributed by atoms with E-state index in [9.17, 15) is 8.42 Å². The molecule has 0 radical (unpaired) electrons. The smallest absolute Gasteiger partial charge is 0.207 e. The predicted molar refractivity (Wildman–Crippen MR) is 80.4 cm³/mol. The lowest BCUT2D eigenvalue weighted by atomic mass is 10.3. The second-order valence-corrected chi connectivity index (χ2v) is 8.85. The number of thiophene rings is 1. The molecule has 0 N–H and O–H groups in total. The minimum Gasteiger partial charge on any atom is -0.207 e. The molecule has 19 heavy (non-hydrogen) atoms. The van der Waals surface area contributed by atoms with Crippen LogP contribution in [0.1, 0.15) is 36.4 Å². The molecule has 0 amide bonds. The van der Waals surface area contributed by atoms with Gasteiger partial charge in [0.2, 0.25) is 10.0 Å². The SMILES string of the molecule is Cc1sc(CCl)cc1S(=O)(=O)N(CC1CC1)C(C)C. The molecule has 108 valence electrons. The molecule has 1 aliphatic rings. The normalized spacial score (nSPS) is 16.5. The number of hydrogen-bond donors (Lipinski definition) is 0. The molecule has 0 aromatic carbocycles. The van der Waals surface area contributed by atoms with Crippen molar-refractivity contribution in [3.63, 3.8) is 0 Å². The molecule has 0 atom stereocenters. The van der Waals surface area contributed by atoms with Crippen molar-refractivity contribution in [2.45, 2.75) is 50.4 Å². The largest absolute Gasteiger partial charge is 0.244 e. The van der Waals surface area contributed by atoms with Crippen molar-refractivity contribution >= 4 is 33.0 Å². The highest BCUT2D eigenvalue weighted by Crippen LogP contribution is 2.35. The molecule has 0 aliphatic heterocycles. The summed E-state index contributed by atoms with van der Waals surface area (Å²) in [6, 6.07) is 1.72. The maximum atomic E-state index is 12.8. The van der Waals surface area contributed by atoms with Gasteiger partial charge < -0.3 is 0 Å². The van der Waals surface area contributed by atoms with Crippen molar-refractivity contribution in [2.75, 3.05) is 6.54 Å². The van der Waals surface area contributed by atoms with Crippen molar-refractivity contribution in [3.8, 4) is 0 Å². The Kier molecular flexibility index (Phi) is 4.60. The molecule has 1 aliphatic carbocycles. The first-order valence-corrected chi connectivity index (χ1v) is 9.32. The number of alkyl halides is 1. The van der Waals surface area contributed by atoms with E-state index in [1.165, 1.54) is 11.3 Å². The average molecular weight is 322 g/mol. The van der Waals surface area contributed by atoms with Crippen LogP contribution in [-0.4, -0.2) is 25.3 Å². The molecule has 1 aromatic rings. The molecule has 0 spiro atoms. The number of sulfonamides is 1. The van der Waals surface area contributed by atoms with Gasteiger partial charge >= 0.3 is 0 Å². The topological polar surface area (TPSA) is 37.4 Å². The Hall–Kier alpha value is -0.100. The van der Waals surface area contributed by atoms with Gasteiger partial charge in [-0.25, -0.2) is 8.42 Å². The van der Waals surface area contributed by atoms with Crippen LogP contribution in [0, 0.1) is 12.8 Å². The van der Waals surface area contributed by atoms with Crippen LogP contribution >= 0.6 is 22.9 Å². The van der Waals surface area contributed by atoms with Crippen molar-refractivity contribution < 1.29 is 8.42 Å². The summed E-state index contributed by atoms with van der Waals surface area (Å²) < 4.78 is 27.2. The van der Waals surface area contributed by atoms with Crippen LogP contribution in [0.3, 0.4) is 0 Å². The van der Waals surface area contributed by atoms with E-state index < -0.39 is 10.0 Å². The van der Waals surface area contributed by atoms with E-state index in [1.54, 1.807) is 10.4 Å². The van der Waals surface area contributed by atoms with Crippen LogP contribution in [0.15, 0.2) is 11.0 Å². The fourth-order valence-corrected chi connectivity index (χ4v) is 5.52. The second-order valence-electron chi connectivity index (χ2n) is 5.38. The average Bonchev–Trinajstić information content (AvgIpc) is 3.07. The Morgan fingerprint density at radius 1 is 1.47 bits per heavy atom. The molecule has 1 heterocycles. The lowest BCUT2D eigenvalue weighted by Crippen LogP contribution is -2.38. The van der Waals surface area contributed by atoms with E-state index in [0.29, 0.717) is 23.2 Å². The third kappa shape index (κ3) is 3.32. The zero-order valence-electron chi connectivity index (χ0n) is 11.5. The Bertz CT molecular complexity index is 547. The van der Waals surface area contributed by atoms with Crippen LogP contribution in [0.5, 0.6) is 0 Å². The first-order chi connectivity index (χ1) is 8.86. The molecular formula is C13H20ClNO2S2. The minimum atomic E-state index is -3.39. The molecule has 0 bridgehead atoms. The van der Waals surface area contributed by atoms with Crippen LogP contribution in [0.25, 0.3) is 0 Å². The summed E-state index contributed by atoms with van der Waals surface area (Å²) in [4.78, 5) is 2.17. The van der Waals surface area contributed by atoms with Gasteiger partial charge in [-0.15, -0.1) is 22.9 Å². The highest BCUT2D eigenvalue weighted by atomic mass is 35.5. The van der Waals surface area contributed by atoms with Crippen molar-refractivity contribution in [1.82, 2.24) is 4.31 Å². The lowest BCUT2D eigenvalue weighted by molar-refractivity contribution is 0.341. The van der Waals surface area contributed by atoms with Crippen LogP contribution in [-0.2, 0) is 15.9 Å². The van der Waals surface area contributed by atoms with Crippen LogP contribution in [0.4, 0.5) is 0 Å². The van der Waals surface area contributed by atoms with Gasteiger partial charge in [-0.1, -0.05) is 0 Å². The number of nitrogens with zero attached hydrogens (tertiary/aromatic N) is 1. The van der Waals surface area contributed by atoms with E-state index >= 15 is 0 Å². The molecule has 2 rings (SSSR count). The van der Waals surface area contributed by atoms with Gasteiger partial charge in [-0.05, 0) is 45.6 Å². The molecule has 3 nitrogen and oxygen atoms in total. The maximum Gasteiger partial charge on any atom is 0.244 e. The van der Waals surface area contributed by atoms with E-state index in [2.05, 4.69) is 0 Å². The number of halogens is 1. The highest BCUT2D eigenvalue weighted by molar-refractivity contribution is 7.89. The van der Waals surface area contributed by atoms with E-state index in [0.717, 1.165) is 22.6 Å². The molecule has 1 fully saturated rings. The van der Waals surface area contributed by atoms with Crippen molar-refractivity contribution in [3.05, 3.63) is 15.8 Å². The first-order valence-electron chi connectivity index (χ1n) is 6.53. The van der Waals surface area contributed by atoms with Gasteiger partial charge in [-0.3, -0.25) is 0 Å². The summed E-state index contributed by atoms with van der Waals surface area (Å²) in [7, 11) is -3.39. The minimum absolute atomic E-state index is 0.00986. The van der Waals surface area contributed by atoms with Crippen LogP contribution < -0.4 is 0 Å². The molecule has 1 aromatic heterocycles. The van der Waals surface area contributed by atoms with Gasteiger partial charge in [0.05, 0.1) is 10.8 Å². The van der Waals surface area contributed by atoms with Gasteiger partial charge in [0, 0.05) is 22.3 Å². The monoisotopic (exact) mass is 321 g/mol. The zero-order valence-corrected chi connectivity index (χ0v) is 13.9. The lowest BCUT2D eigenvalue weighted by Gasteiger charge is -2.25. The summed E-state index contributed by atoms with van der Waals surface area (Å²) >= 11 is 7.27. The molecular weight excluding hydrogens is 302 g/mol. The Labute approximate surface area is 124 Å². The molecule has 0 unspecified atom stereocenters. The Morgan fingerprint density at radius 2 is 2.11 bits per heavy atom. The molecule has 1 saturated carbocycles.